The van der Waals surface area contributed by atoms with E-state index < -0.39 is 5.60 Å². The van der Waals surface area contributed by atoms with E-state index in [4.69, 9.17) is 0 Å². The largest absolute Gasteiger partial charge is 0.384 e. The molecule has 2 aromatic rings. The third kappa shape index (κ3) is 3.07. The summed E-state index contributed by atoms with van der Waals surface area (Å²) in [6.07, 6.45) is 4.10. The molecule has 0 bridgehead atoms. The van der Waals surface area contributed by atoms with Crippen LogP contribution in [0, 0.1) is 10.8 Å². The van der Waals surface area contributed by atoms with E-state index in [1.165, 1.54) is 5.56 Å². The van der Waals surface area contributed by atoms with Gasteiger partial charge in [-0.1, -0.05) is 71.4 Å². The van der Waals surface area contributed by atoms with Crippen LogP contribution >= 0.6 is 0 Å². The molecule has 162 valence electrons. The van der Waals surface area contributed by atoms with Crippen LogP contribution in [-0.4, -0.2) is 47.2 Å². The van der Waals surface area contributed by atoms with Gasteiger partial charge in [-0.2, -0.15) is 0 Å². The fourth-order valence-corrected chi connectivity index (χ4v) is 6.66. The average Bonchev–Trinajstić information content (AvgIpc) is 2.74. The van der Waals surface area contributed by atoms with Crippen LogP contribution in [0.5, 0.6) is 0 Å². The maximum Gasteiger partial charge on any atom is 0.128 e. The molecule has 4 heteroatoms. The Kier molecular flexibility index (Phi) is 5.44. The topological polar surface area (TPSA) is 39.6 Å². The van der Waals surface area contributed by atoms with E-state index in [0.29, 0.717) is 6.04 Å². The van der Waals surface area contributed by atoms with Gasteiger partial charge in [0.1, 0.15) is 11.4 Å². The Morgan fingerprint density at radius 3 is 2.10 bits per heavy atom. The third-order valence-electron chi connectivity index (χ3n) is 7.80. The first kappa shape index (κ1) is 21.3. The minimum absolute atomic E-state index is 0.226. The molecule has 1 aromatic heterocycles. The summed E-state index contributed by atoms with van der Waals surface area (Å²) in [6, 6.07) is 15.1. The van der Waals surface area contributed by atoms with Crippen molar-refractivity contribution in [2.45, 2.75) is 59.1 Å². The van der Waals surface area contributed by atoms with E-state index in [1.54, 1.807) is 0 Å². The Balaban J connectivity index is 1.52. The molecular weight excluding hydrogens is 370 g/mol. The number of hydrogen-bond acceptors (Lipinski definition) is 4. The molecule has 0 radical (unpaired) electrons. The fourth-order valence-electron chi connectivity index (χ4n) is 6.66. The highest BCUT2D eigenvalue weighted by atomic mass is 16.3. The Morgan fingerprint density at radius 1 is 0.933 bits per heavy atom. The highest BCUT2D eigenvalue weighted by Gasteiger charge is 2.73. The Hall–Kier alpha value is -1.91. The maximum atomic E-state index is 12.0. The summed E-state index contributed by atoms with van der Waals surface area (Å²) in [6.45, 7) is 15.1. The van der Waals surface area contributed by atoms with Gasteiger partial charge in [-0.05, 0) is 29.7 Å². The van der Waals surface area contributed by atoms with Crippen molar-refractivity contribution in [2.24, 2.45) is 10.8 Å². The van der Waals surface area contributed by atoms with Gasteiger partial charge in [-0.3, -0.25) is 4.90 Å². The summed E-state index contributed by atoms with van der Waals surface area (Å²) in [5.41, 5.74) is 1.11. The molecule has 4 nitrogen and oxygen atoms in total. The number of benzene rings is 1. The molecule has 4 rings (SSSR count). The van der Waals surface area contributed by atoms with Gasteiger partial charge in [-0.15, -0.1) is 0 Å². The minimum Gasteiger partial charge on any atom is -0.384 e. The quantitative estimate of drug-likeness (QED) is 0.793. The normalized spacial score (nSPS) is 28.2. The molecule has 1 aromatic carbocycles. The molecule has 1 saturated carbocycles. The van der Waals surface area contributed by atoms with Crippen LogP contribution in [0.4, 0.5) is 5.82 Å². The smallest absolute Gasteiger partial charge is 0.128 e. The molecule has 1 N–H and O–H groups in total. The van der Waals surface area contributed by atoms with Crippen molar-refractivity contribution < 1.29 is 5.11 Å². The number of pyridine rings is 1. The van der Waals surface area contributed by atoms with E-state index in [0.717, 1.165) is 50.4 Å². The number of aliphatic hydroxyl groups is 1. The molecular formula is C26H37N3O. The van der Waals surface area contributed by atoms with Gasteiger partial charge in [0.05, 0.1) is 0 Å². The maximum absolute atomic E-state index is 12.0. The van der Waals surface area contributed by atoms with Crippen LogP contribution in [0.2, 0.25) is 0 Å². The number of anilines is 1. The second-order valence-electron chi connectivity index (χ2n) is 10.2. The van der Waals surface area contributed by atoms with Crippen molar-refractivity contribution in [3.8, 4) is 0 Å². The van der Waals surface area contributed by atoms with Crippen LogP contribution in [0.1, 0.15) is 52.2 Å². The SMILES string of the molecule is CCCc1ccc(C2(O)C(C)(C)C(N3CCN(c4ccccn4)CC3)C2(C)C)cc1. The zero-order valence-corrected chi connectivity index (χ0v) is 19.2. The zero-order valence-electron chi connectivity index (χ0n) is 19.2. The molecule has 0 amide bonds. The van der Waals surface area contributed by atoms with E-state index in [1.807, 2.05) is 12.3 Å². The number of nitrogens with zero attached hydrogens (tertiary/aromatic N) is 3. The first-order chi connectivity index (χ1) is 14.2. The van der Waals surface area contributed by atoms with Gasteiger partial charge in [0, 0.05) is 49.2 Å². The molecule has 1 saturated heterocycles. The second-order valence-corrected chi connectivity index (χ2v) is 10.2. The second kappa shape index (κ2) is 7.65. The average molecular weight is 408 g/mol. The van der Waals surface area contributed by atoms with Crippen molar-refractivity contribution in [1.82, 2.24) is 9.88 Å². The molecule has 30 heavy (non-hydrogen) atoms. The molecule has 0 spiro atoms. The molecule has 2 fully saturated rings. The first-order valence-electron chi connectivity index (χ1n) is 11.5. The lowest BCUT2D eigenvalue weighted by atomic mass is 9.39. The van der Waals surface area contributed by atoms with Crippen LogP contribution < -0.4 is 4.90 Å². The number of piperazine rings is 1. The minimum atomic E-state index is -0.840. The number of aromatic nitrogens is 1. The molecule has 2 aliphatic rings. The highest BCUT2D eigenvalue weighted by Crippen LogP contribution is 2.68. The van der Waals surface area contributed by atoms with Crippen LogP contribution in [0.15, 0.2) is 48.7 Å². The summed E-state index contributed by atoms with van der Waals surface area (Å²) in [5.74, 6) is 1.06. The molecule has 0 unspecified atom stereocenters. The summed E-state index contributed by atoms with van der Waals surface area (Å²) < 4.78 is 0. The number of rotatable bonds is 5. The van der Waals surface area contributed by atoms with Crippen LogP contribution in [0.25, 0.3) is 0 Å². The monoisotopic (exact) mass is 407 g/mol. The molecule has 2 heterocycles. The number of hydrogen-bond donors (Lipinski definition) is 1. The Morgan fingerprint density at radius 2 is 1.57 bits per heavy atom. The standard InChI is InChI=1S/C26H37N3O/c1-6-9-20-11-13-21(14-12-20)26(30)24(2,3)23(25(26,4)5)29-18-16-28(17-19-29)22-10-7-8-15-27-22/h7-8,10-15,23,30H,6,9,16-19H2,1-5H3. The molecule has 1 aliphatic heterocycles. The van der Waals surface area contributed by atoms with Crippen molar-refractivity contribution in [1.29, 1.82) is 0 Å². The van der Waals surface area contributed by atoms with Crippen molar-refractivity contribution in [3.05, 3.63) is 59.8 Å². The molecule has 1 aliphatic carbocycles. The van der Waals surface area contributed by atoms with E-state index in [-0.39, 0.29) is 10.8 Å². The predicted octanol–water partition coefficient (Wildman–Crippen LogP) is 4.48. The van der Waals surface area contributed by atoms with Gasteiger partial charge >= 0.3 is 0 Å². The first-order valence-corrected chi connectivity index (χ1v) is 11.5. The summed E-state index contributed by atoms with van der Waals surface area (Å²) in [4.78, 5) is 9.48. The zero-order chi connectivity index (χ0) is 21.6. The van der Waals surface area contributed by atoms with E-state index in [9.17, 15) is 5.11 Å². The molecule has 0 atom stereocenters. The lowest BCUT2D eigenvalue weighted by molar-refractivity contribution is -0.307. The van der Waals surface area contributed by atoms with Gasteiger partial charge in [0.15, 0.2) is 0 Å². The van der Waals surface area contributed by atoms with Gasteiger partial charge < -0.3 is 10.0 Å². The Bertz CT molecular complexity index is 836. The predicted molar refractivity (Wildman–Crippen MR) is 124 cm³/mol. The lowest BCUT2D eigenvalue weighted by Gasteiger charge is -2.72. The fraction of sp³-hybridized carbons (Fsp3) is 0.577. The van der Waals surface area contributed by atoms with Crippen molar-refractivity contribution in [2.75, 3.05) is 31.1 Å². The summed E-state index contributed by atoms with van der Waals surface area (Å²) in [5, 5.41) is 12.0. The summed E-state index contributed by atoms with van der Waals surface area (Å²) in [7, 11) is 0. The summed E-state index contributed by atoms with van der Waals surface area (Å²) >= 11 is 0. The number of aryl methyl sites for hydroxylation is 1. The van der Waals surface area contributed by atoms with Crippen LogP contribution in [0.3, 0.4) is 0 Å². The van der Waals surface area contributed by atoms with Gasteiger partial charge in [0.25, 0.3) is 0 Å². The van der Waals surface area contributed by atoms with E-state index >= 15 is 0 Å². The van der Waals surface area contributed by atoms with E-state index in [2.05, 4.69) is 85.8 Å². The third-order valence-corrected chi connectivity index (χ3v) is 7.80. The van der Waals surface area contributed by atoms with Gasteiger partial charge in [0.2, 0.25) is 0 Å². The Labute approximate surface area is 181 Å². The highest BCUT2D eigenvalue weighted by molar-refractivity contribution is 5.40. The lowest BCUT2D eigenvalue weighted by Crippen LogP contribution is -2.79. The van der Waals surface area contributed by atoms with Gasteiger partial charge in [-0.25, -0.2) is 4.98 Å². The van der Waals surface area contributed by atoms with Crippen molar-refractivity contribution >= 4 is 5.82 Å². The van der Waals surface area contributed by atoms with Crippen LogP contribution in [-0.2, 0) is 12.0 Å². The van der Waals surface area contributed by atoms with Crippen molar-refractivity contribution in [3.63, 3.8) is 0 Å².